The summed E-state index contributed by atoms with van der Waals surface area (Å²) in [5.41, 5.74) is 1.73. The van der Waals surface area contributed by atoms with Gasteiger partial charge in [0, 0.05) is 33.2 Å². The highest BCUT2D eigenvalue weighted by Gasteiger charge is 2.19. The van der Waals surface area contributed by atoms with Gasteiger partial charge in [0.2, 0.25) is 0 Å². The zero-order chi connectivity index (χ0) is 19.7. The van der Waals surface area contributed by atoms with Crippen LogP contribution in [-0.2, 0) is 17.8 Å². The van der Waals surface area contributed by atoms with Crippen LogP contribution in [0.1, 0.15) is 52.2 Å². The van der Waals surface area contributed by atoms with Crippen LogP contribution in [-0.4, -0.2) is 42.7 Å². The molecule has 1 atom stereocenters. The van der Waals surface area contributed by atoms with Crippen LogP contribution in [0.25, 0.3) is 0 Å². The number of halogens is 1. The molecule has 0 spiro atoms. The lowest BCUT2D eigenvalue weighted by atomic mass is 10.1. The maximum absolute atomic E-state index is 12.0. The number of hydrogen-bond donors (Lipinski definition) is 2. The normalized spacial score (nSPS) is 12.6. The van der Waals surface area contributed by atoms with Crippen molar-refractivity contribution in [3.8, 4) is 0 Å². The van der Waals surface area contributed by atoms with E-state index < -0.39 is 5.60 Å². The first kappa shape index (κ1) is 25.5. The minimum absolute atomic E-state index is 0. The van der Waals surface area contributed by atoms with Gasteiger partial charge in [-0.1, -0.05) is 31.2 Å². The van der Waals surface area contributed by atoms with Crippen molar-refractivity contribution < 1.29 is 9.53 Å². The number of guanidine groups is 1. The lowest BCUT2D eigenvalue weighted by Crippen LogP contribution is -2.41. The predicted molar refractivity (Wildman–Crippen MR) is 123 cm³/mol. The van der Waals surface area contributed by atoms with Crippen molar-refractivity contribution in [2.24, 2.45) is 4.99 Å². The van der Waals surface area contributed by atoms with E-state index in [9.17, 15) is 4.79 Å². The molecule has 1 amide bonds. The van der Waals surface area contributed by atoms with Gasteiger partial charge in [-0.25, -0.2) is 4.79 Å². The molecule has 0 aliphatic rings. The molecule has 0 aliphatic carbocycles. The van der Waals surface area contributed by atoms with Crippen molar-refractivity contribution in [2.75, 3.05) is 14.1 Å². The van der Waals surface area contributed by atoms with E-state index in [0.717, 1.165) is 23.5 Å². The molecule has 2 N–H and O–H groups in total. The first-order valence-electron chi connectivity index (χ1n) is 9.13. The Bertz CT molecular complexity index is 597. The monoisotopic (exact) mass is 490 g/mol. The lowest BCUT2D eigenvalue weighted by molar-refractivity contribution is 0.0285. The highest BCUT2D eigenvalue weighted by molar-refractivity contribution is 14.0. The third-order valence-electron chi connectivity index (χ3n) is 3.83. The topological polar surface area (TPSA) is 66.0 Å². The molecule has 7 heteroatoms. The zero-order valence-electron chi connectivity index (χ0n) is 17.6. The Balaban J connectivity index is 0.00000676. The summed E-state index contributed by atoms with van der Waals surface area (Å²) in [6.07, 6.45) is 0.726. The van der Waals surface area contributed by atoms with Gasteiger partial charge in [0.15, 0.2) is 5.96 Å². The van der Waals surface area contributed by atoms with Gasteiger partial charge in [-0.2, -0.15) is 0 Å². The van der Waals surface area contributed by atoms with Crippen molar-refractivity contribution in [3.63, 3.8) is 0 Å². The number of amides is 1. The number of ether oxygens (including phenoxy) is 1. The number of benzene rings is 1. The summed E-state index contributed by atoms with van der Waals surface area (Å²) in [6.45, 7) is 11.1. The van der Waals surface area contributed by atoms with Crippen molar-refractivity contribution in [1.82, 2.24) is 15.5 Å². The second-order valence-corrected chi connectivity index (χ2v) is 7.53. The molecule has 0 aromatic heterocycles. The molecule has 6 nitrogen and oxygen atoms in total. The number of carbonyl (C=O) groups excluding carboxylic acids is 1. The number of aliphatic imine (C=N–C) groups is 1. The largest absolute Gasteiger partial charge is 0.444 e. The molecule has 1 aromatic rings. The molecule has 0 saturated heterocycles. The van der Waals surface area contributed by atoms with E-state index in [4.69, 9.17) is 4.74 Å². The molecule has 1 unspecified atom stereocenters. The second-order valence-electron chi connectivity index (χ2n) is 7.53. The van der Waals surface area contributed by atoms with E-state index in [1.165, 1.54) is 0 Å². The van der Waals surface area contributed by atoms with Crippen LogP contribution in [0, 0.1) is 0 Å². The first-order valence-corrected chi connectivity index (χ1v) is 9.13. The van der Waals surface area contributed by atoms with Crippen LogP contribution in [0.15, 0.2) is 29.3 Å². The van der Waals surface area contributed by atoms with Crippen molar-refractivity contribution >= 4 is 36.0 Å². The molecule has 154 valence electrons. The van der Waals surface area contributed by atoms with Crippen LogP contribution in [0.4, 0.5) is 4.79 Å². The summed E-state index contributed by atoms with van der Waals surface area (Å²) in [5, 5.41) is 6.65. The molecule has 0 bridgehead atoms. The number of rotatable bonds is 6. The minimum atomic E-state index is -0.483. The molecule has 1 aromatic carbocycles. The summed E-state index contributed by atoms with van der Waals surface area (Å²) in [5.74, 6) is 0.799. The molecular weight excluding hydrogens is 455 g/mol. The molecule has 27 heavy (non-hydrogen) atoms. The van der Waals surface area contributed by atoms with Crippen LogP contribution in [0.5, 0.6) is 0 Å². The van der Waals surface area contributed by atoms with E-state index in [1.807, 2.05) is 32.9 Å². The van der Waals surface area contributed by atoms with E-state index in [-0.39, 0.29) is 30.1 Å². The number of hydrogen-bond acceptors (Lipinski definition) is 3. The highest BCUT2D eigenvalue weighted by Crippen LogP contribution is 2.12. The zero-order valence-corrected chi connectivity index (χ0v) is 20.0. The van der Waals surface area contributed by atoms with Crippen LogP contribution < -0.4 is 10.6 Å². The molecule has 0 fully saturated rings. The first-order chi connectivity index (χ1) is 12.1. The van der Waals surface area contributed by atoms with Gasteiger partial charge in [0.05, 0.1) is 0 Å². The number of nitrogens with one attached hydrogen (secondary N) is 2. The molecule has 0 radical (unpaired) electrons. The van der Waals surface area contributed by atoms with Gasteiger partial charge in [-0.3, -0.25) is 4.99 Å². The molecule has 0 heterocycles. The summed E-state index contributed by atoms with van der Waals surface area (Å²) < 4.78 is 5.37. The van der Waals surface area contributed by atoms with Gasteiger partial charge in [0.25, 0.3) is 0 Å². The van der Waals surface area contributed by atoms with E-state index in [0.29, 0.717) is 19.1 Å². The Morgan fingerprint density at radius 1 is 1.22 bits per heavy atom. The molecular formula is C20H35IN4O2. The Hall–Kier alpha value is -1.51. The minimum Gasteiger partial charge on any atom is -0.444 e. The Kier molecular flexibility index (Phi) is 11.4. The average Bonchev–Trinajstić information content (AvgIpc) is 2.58. The molecule has 1 rings (SSSR count). The fourth-order valence-electron chi connectivity index (χ4n) is 2.16. The average molecular weight is 490 g/mol. The summed E-state index contributed by atoms with van der Waals surface area (Å²) in [6, 6.07) is 8.56. The Morgan fingerprint density at radius 2 is 1.78 bits per heavy atom. The fourth-order valence-corrected chi connectivity index (χ4v) is 2.16. The third-order valence-corrected chi connectivity index (χ3v) is 3.83. The summed E-state index contributed by atoms with van der Waals surface area (Å²) in [4.78, 5) is 17.8. The second kappa shape index (κ2) is 12.0. The number of nitrogens with zero attached hydrogens (tertiary/aromatic N) is 2. The molecule has 0 aliphatic heterocycles. The van der Waals surface area contributed by atoms with Gasteiger partial charge >= 0.3 is 6.09 Å². The number of carbonyl (C=O) groups is 1. The highest BCUT2D eigenvalue weighted by atomic mass is 127. The quantitative estimate of drug-likeness (QED) is 0.358. The van der Waals surface area contributed by atoms with Gasteiger partial charge in [-0.15, -0.1) is 24.0 Å². The standard InChI is InChI=1S/C20H34N4O2.HI/c1-8-15(2)23-18(21-6)22-13-16-9-11-17(12-10-16)14-24(7)19(25)26-20(3,4)5;/h9-12,15H,8,13-14H2,1-7H3,(H2,21,22,23);1H. The van der Waals surface area contributed by atoms with Gasteiger partial charge < -0.3 is 20.3 Å². The Labute approximate surface area is 181 Å². The van der Waals surface area contributed by atoms with Crippen molar-refractivity contribution in [1.29, 1.82) is 0 Å². The summed E-state index contributed by atoms with van der Waals surface area (Å²) in [7, 11) is 3.52. The van der Waals surface area contributed by atoms with Gasteiger partial charge in [0.1, 0.15) is 5.60 Å². The molecule has 0 saturated carbocycles. The maximum Gasteiger partial charge on any atom is 0.410 e. The van der Waals surface area contributed by atoms with Crippen LogP contribution >= 0.6 is 24.0 Å². The predicted octanol–water partition coefficient (Wildman–Crippen LogP) is 4.14. The lowest BCUT2D eigenvalue weighted by Gasteiger charge is -2.24. The van der Waals surface area contributed by atoms with E-state index in [1.54, 1.807) is 19.0 Å². The van der Waals surface area contributed by atoms with Crippen LogP contribution in [0.2, 0.25) is 0 Å². The maximum atomic E-state index is 12.0. The summed E-state index contributed by atoms with van der Waals surface area (Å²) >= 11 is 0. The Morgan fingerprint density at radius 3 is 2.26 bits per heavy atom. The van der Waals surface area contributed by atoms with E-state index >= 15 is 0 Å². The third kappa shape index (κ3) is 10.4. The van der Waals surface area contributed by atoms with E-state index in [2.05, 4.69) is 41.6 Å². The SMILES string of the molecule is CCC(C)NC(=NC)NCc1ccc(CN(C)C(=O)OC(C)(C)C)cc1.I. The van der Waals surface area contributed by atoms with Gasteiger partial charge in [-0.05, 0) is 45.2 Å². The smallest absolute Gasteiger partial charge is 0.410 e. The fraction of sp³-hybridized carbons (Fsp3) is 0.600. The van der Waals surface area contributed by atoms with Crippen LogP contribution in [0.3, 0.4) is 0 Å². The van der Waals surface area contributed by atoms with Crippen molar-refractivity contribution in [3.05, 3.63) is 35.4 Å². The van der Waals surface area contributed by atoms with Crippen molar-refractivity contribution in [2.45, 2.75) is 65.8 Å².